The van der Waals surface area contributed by atoms with Gasteiger partial charge in [0.05, 0.1) is 11.8 Å². The highest BCUT2D eigenvalue weighted by atomic mass is 79.9. The Morgan fingerprint density at radius 2 is 1.83 bits per heavy atom. The quantitative estimate of drug-likeness (QED) is 0.235. The van der Waals surface area contributed by atoms with Gasteiger partial charge in [0.1, 0.15) is 5.75 Å². The molecule has 0 bridgehead atoms. The van der Waals surface area contributed by atoms with Crippen LogP contribution in [0.3, 0.4) is 0 Å². The molecule has 3 aliphatic rings. The Balaban J connectivity index is 1.35. The van der Waals surface area contributed by atoms with E-state index in [9.17, 15) is 19.7 Å². The van der Waals surface area contributed by atoms with Crippen LogP contribution in [0.5, 0.6) is 5.75 Å². The first-order valence-corrected chi connectivity index (χ1v) is 15.0. The van der Waals surface area contributed by atoms with Gasteiger partial charge in [0.15, 0.2) is 11.6 Å². The van der Waals surface area contributed by atoms with Crippen molar-refractivity contribution in [2.45, 2.75) is 45.0 Å². The number of ketones is 2. The summed E-state index contributed by atoms with van der Waals surface area (Å²) in [6, 6.07) is 18.1. The van der Waals surface area contributed by atoms with E-state index in [1.165, 1.54) is 0 Å². The summed E-state index contributed by atoms with van der Waals surface area (Å²) in [6.07, 6.45) is 5.99. The average Bonchev–Trinajstić information content (AvgIpc) is 2.99. The summed E-state index contributed by atoms with van der Waals surface area (Å²) in [5.41, 5.74) is 5.61. The minimum Gasteiger partial charge on any atom is -0.507 e. The molecule has 4 atom stereocenters. The number of hydrogen-bond acceptors (Lipinski definition) is 6. The zero-order chi connectivity index (χ0) is 28.7. The Morgan fingerprint density at radius 1 is 1.07 bits per heavy atom. The first kappa shape index (κ1) is 27.8. The molecule has 2 aliphatic carbocycles. The van der Waals surface area contributed by atoms with Gasteiger partial charge in [0, 0.05) is 39.2 Å². The van der Waals surface area contributed by atoms with Gasteiger partial charge in [-0.1, -0.05) is 58.8 Å². The van der Waals surface area contributed by atoms with Gasteiger partial charge in [0.2, 0.25) is 0 Å². The number of allylic oxidation sites excluding steroid dienone is 2. The normalized spacial score (nSPS) is 24.2. The van der Waals surface area contributed by atoms with Gasteiger partial charge in [-0.25, -0.2) is 0 Å². The van der Waals surface area contributed by atoms with E-state index in [2.05, 4.69) is 27.8 Å². The summed E-state index contributed by atoms with van der Waals surface area (Å²) in [5, 5.41) is 21.4. The maximum atomic E-state index is 13.8. The number of Topliss-reactive ketones (excluding diaryl/α,β-unsaturated/α-hetero) is 2. The predicted molar refractivity (Wildman–Crippen MR) is 162 cm³/mol. The molecular formula is C33H31BBrNO5. The van der Waals surface area contributed by atoms with Gasteiger partial charge in [-0.15, -0.1) is 0 Å². The molecule has 0 unspecified atom stereocenters. The third-order valence-corrected chi connectivity index (χ3v) is 9.27. The monoisotopic (exact) mass is 611 g/mol. The standard InChI is InChI=1S/C33H31BBrNO5/c1-2-19-17-25-31(33(39)24-8-4-3-7-23(24)32(25)38)26-18-34(40)41-29(30(19)26)13-10-20(27-9-5-6-14-36-27)15-21-16-22(35)11-12-28(21)37/h3-9,11-12,14-16,25-26,29,31,37,40H,2,10,13,17-18H2,1H3/b20-15-/t25-,26+,29-,31-/m1/s1. The molecule has 3 aromatic rings. The van der Waals surface area contributed by atoms with Crippen LogP contribution in [0.1, 0.15) is 64.6 Å². The molecule has 0 radical (unpaired) electrons. The summed E-state index contributed by atoms with van der Waals surface area (Å²) < 4.78 is 7.03. The number of nitrogens with zero attached hydrogens (tertiary/aromatic N) is 1. The van der Waals surface area contributed by atoms with Crippen molar-refractivity contribution in [1.29, 1.82) is 0 Å². The summed E-state index contributed by atoms with van der Waals surface area (Å²) in [7, 11) is -1.03. The Labute approximate surface area is 248 Å². The number of fused-ring (bicyclic) bond motifs is 4. The van der Waals surface area contributed by atoms with Gasteiger partial charge < -0.3 is 14.8 Å². The summed E-state index contributed by atoms with van der Waals surface area (Å²) in [4.78, 5) is 32.0. The van der Waals surface area contributed by atoms with Crippen LogP contribution in [0.2, 0.25) is 6.32 Å². The zero-order valence-corrected chi connectivity index (χ0v) is 24.4. The molecule has 6 nitrogen and oxygen atoms in total. The van der Waals surface area contributed by atoms with E-state index >= 15 is 0 Å². The van der Waals surface area contributed by atoms with Crippen LogP contribution < -0.4 is 0 Å². The number of halogens is 1. The van der Waals surface area contributed by atoms with Gasteiger partial charge in [-0.05, 0) is 85.5 Å². The molecule has 0 amide bonds. The second kappa shape index (κ2) is 11.5. The molecule has 8 heteroatoms. The number of rotatable bonds is 6. The van der Waals surface area contributed by atoms with Gasteiger partial charge in [0.25, 0.3) is 0 Å². The number of benzene rings is 2. The van der Waals surface area contributed by atoms with E-state index in [-0.39, 0.29) is 23.2 Å². The summed E-state index contributed by atoms with van der Waals surface area (Å²) in [5.74, 6) is -0.958. The highest BCUT2D eigenvalue weighted by molar-refractivity contribution is 9.10. The molecule has 1 aliphatic heterocycles. The van der Waals surface area contributed by atoms with Crippen molar-refractivity contribution >= 4 is 46.3 Å². The minimum absolute atomic E-state index is 0.00472. The van der Waals surface area contributed by atoms with Crippen molar-refractivity contribution in [3.05, 3.63) is 105 Å². The lowest BCUT2D eigenvalue weighted by Crippen LogP contribution is -2.50. The van der Waals surface area contributed by atoms with Crippen LogP contribution >= 0.6 is 15.9 Å². The van der Waals surface area contributed by atoms with Crippen LogP contribution in [0.25, 0.3) is 11.6 Å². The van der Waals surface area contributed by atoms with E-state index in [0.29, 0.717) is 42.3 Å². The lowest BCUT2D eigenvalue weighted by atomic mass is 9.54. The fraction of sp³-hybridized carbons (Fsp3) is 0.303. The summed E-state index contributed by atoms with van der Waals surface area (Å²) >= 11 is 3.49. The number of phenolic OH excluding ortho intramolecular Hbond substituents is 1. The first-order valence-electron chi connectivity index (χ1n) is 14.2. The molecule has 2 aromatic carbocycles. The second-order valence-corrected chi connectivity index (χ2v) is 12.0. The lowest BCUT2D eigenvalue weighted by molar-refractivity contribution is 0.0600. The Bertz CT molecular complexity index is 1570. The molecule has 41 heavy (non-hydrogen) atoms. The molecule has 0 saturated carbocycles. The summed E-state index contributed by atoms with van der Waals surface area (Å²) in [6.45, 7) is 2.08. The number of carbonyl (C=O) groups excluding carboxylic acids is 2. The predicted octanol–water partition coefficient (Wildman–Crippen LogP) is 6.79. The van der Waals surface area contributed by atoms with Gasteiger partial charge in [-0.3, -0.25) is 14.6 Å². The van der Waals surface area contributed by atoms with Crippen LogP contribution in [0.15, 0.2) is 82.5 Å². The molecule has 2 heterocycles. The smallest absolute Gasteiger partial charge is 0.455 e. The highest BCUT2D eigenvalue weighted by Gasteiger charge is 2.53. The van der Waals surface area contributed by atoms with Crippen LogP contribution in [0.4, 0.5) is 0 Å². The molecule has 208 valence electrons. The Kier molecular flexibility index (Phi) is 7.81. The number of aromatic hydroxyl groups is 1. The highest BCUT2D eigenvalue weighted by Crippen LogP contribution is 2.51. The molecule has 6 rings (SSSR count). The van der Waals surface area contributed by atoms with Crippen LogP contribution in [0, 0.1) is 17.8 Å². The van der Waals surface area contributed by atoms with Crippen molar-refractivity contribution in [3.8, 4) is 5.75 Å². The fourth-order valence-corrected chi connectivity index (χ4v) is 7.33. The Morgan fingerprint density at radius 3 is 2.56 bits per heavy atom. The number of carbonyl (C=O) groups is 2. The number of phenols is 1. The number of hydrogen-bond donors (Lipinski definition) is 2. The second-order valence-electron chi connectivity index (χ2n) is 11.1. The van der Waals surface area contributed by atoms with Crippen LogP contribution in [-0.2, 0) is 4.65 Å². The van der Waals surface area contributed by atoms with E-state index < -0.39 is 25.1 Å². The van der Waals surface area contributed by atoms with Crippen molar-refractivity contribution in [2.24, 2.45) is 17.8 Å². The maximum Gasteiger partial charge on any atom is 0.455 e. The lowest BCUT2D eigenvalue weighted by Gasteiger charge is -2.47. The maximum absolute atomic E-state index is 13.8. The first-order chi connectivity index (χ1) is 19.9. The molecule has 1 aromatic heterocycles. The van der Waals surface area contributed by atoms with Crippen LogP contribution in [-0.4, -0.2) is 39.9 Å². The topological polar surface area (TPSA) is 96.7 Å². The minimum atomic E-state index is -1.03. The fourth-order valence-electron chi connectivity index (χ4n) is 6.95. The molecule has 1 fully saturated rings. The molecular weight excluding hydrogens is 581 g/mol. The SMILES string of the molecule is CCC1=C2[C@@H](CC/C(=C/c3cc(Br)ccc3O)c3ccccn3)OB(O)C[C@@H]2[C@@H]2C(=O)c3ccccc3C(=O)[C@@H]2C1. The van der Waals surface area contributed by atoms with Crippen molar-refractivity contribution in [3.63, 3.8) is 0 Å². The van der Waals surface area contributed by atoms with Gasteiger partial charge >= 0.3 is 7.12 Å². The van der Waals surface area contributed by atoms with E-state index in [0.717, 1.165) is 33.3 Å². The number of aromatic nitrogens is 1. The average molecular weight is 612 g/mol. The van der Waals surface area contributed by atoms with Crippen molar-refractivity contribution in [2.75, 3.05) is 0 Å². The third-order valence-electron chi connectivity index (χ3n) is 8.78. The Hall–Kier alpha value is -3.33. The number of pyridine rings is 1. The van der Waals surface area contributed by atoms with Crippen molar-refractivity contribution < 1.29 is 24.4 Å². The molecule has 0 spiro atoms. The molecule has 1 saturated heterocycles. The molecule has 2 N–H and O–H groups in total. The zero-order valence-electron chi connectivity index (χ0n) is 22.8. The van der Waals surface area contributed by atoms with E-state index in [1.807, 2.05) is 36.4 Å². The van der Waals surface area contributed by atoms with E-state index in [1.54, 1.807) is 36.5 Å². The third kappa shape index (κ3) is 5.25. The van der Waals surface area contributed by atoms with Crippen molar-refractivity contribution in [1.82, 2.24) is 4.98 Å². The van der Waals surface area contributed by atoms with E-state index in [4.69, 9.17) is 4.65 Å². The largest absolute Gasteiger partial charge is 0.507 e. The van der Waals surface area contributed by atoms with Gasteiger partial charge in [-0.2, -0.15) is 0 Å².